The molecule has 15 heteroatoms. The van der Waals surface area contributed by atoms with E-state index in [1.165, 1.54) is 9.70 Å². The van der Waals surface area contributed by atoms with Gasteiger partial charge in [0.1, 0.15) is 23.7 Å². The highest BCUT2D eigenvalue weighted by Gasteiger charge is 2.51. The van der Waals surface area contributed by atoms with E-state index in [1.54, 1.807) is 20.8 Å². The largest absolute Gasteiger partial charge is 0.347 e. The van der Waals surface area contributed by atoms with E-state index in [-0.39, 0.29) is 42.5 Å². The van der Waals surface area contributed by atoms with Crippen LogP contribution in [0.15, 0.2) is 42.5 Å². The number of fused-ring (bicyclic) bond motifs is 1. The number of aromatic nitrogens is 4. The zero-order valence-corrected chi connectivity index (χ0v) is 32.3. The second-order valence-corrected chi connectivity index (χ2v) is 15.9. The highest BCUT2D eigenvalue weighted by atomic mass is 16.2. The van der Waals surface area contributed by atoms with Crippen molar-refractivity contribution in [3.05, 3.63) is 53.9 Å². The molecule has 2 heterocycles. The fourth-order valence-electron chi connectivity index (χ4n) is 7.53. The molecule has 1 aromatic heterocycles. The molecular weight excluding hydrogens is 690 g/mol. The fourth-order valence-corrected chi connectivity index (χ4v) is 7.53. The van der Waals surface area contributed by atoms with Crippen LogP contribution in [0.2, 0.25) is 0 Å². The summed E-state index contributed by atoms with van der Waals surface area (Å²) < 4.78 is 0. The first kappa shape index (κ1) is 40.2. The van der Waals surface area contributed by atoms with E-state index in [1.807, 2.05) is 51.1 Å². The molecule has 3 aliphatic rings. The molecule has 54 heavy (non-hydrogen) atoms. The van der Waals surface area contributed by atoms with Gasteiger partial charge < -0.3 is 26.2 Å². The lowest BCUT2D eigenvalue weighted by molar-refractivity contribution is -0.144. The van der Waals surface area contributed by atoms with E-state index in [0.717, 1.165) is 37.7 Å². The van der Waals surface area contributed by atoms with Crippen LogP contribution in [-0.2, 0) is 40.7 Å². The lowest BCUT2D eigenvalue weighted by Gasteiger charge is -2.32. The van der Waals surface area contributed by atoms with Crippen LogP contribution >= 0.6 is 0 Å². The first-order valence-electron chi connectivity index (χ1n) is 19.2. The molecule has 0 radical (unpaired) electrons. The third-order valence-corrected chi connectivity index (χ3v) is 10.8. The minimum atomic E-state index is -1.18. The predicted molar refractivity (Wildman–Crippen MR) is 199 cm³/mol. The van der Waals surface area contributed by atoms with E-state index >= 15 is 0 Å². The summed E-state index contributed by atoms with van der Waals surface area (Å²) in [5.41, 5.74) is 0.697. The van der Waals surface area contributed by atoms with Crippen LogP contribution in [0.4, 0.5) is 0 Å². The first-order valence-corrected chi connectivity index (χ1v) is 19.2. The third-order valence-electron chi connectivity index (χ3n) is 10.8. The van der Waals surface area contributed by atoms with Gasteiger partial charge in [-0.3, -0.25) is 28.8 Å². The minimum absolute atomic E-state index is 0.00329. The predicted octanol–water partition coefficient (Wildman–Crippen LogP) is 1.96. The van der Waals surface area contributed by atoms with Crippen molar-refractivity contribution in [1.29, 1.82) is 0 Å². The van der Waals surface area contributed by atoms with Crippen molar-refractivity contribution >= 4 is 35.3 Å². The zero-order valence-electron chi connectivity index (χ0n) is 32.3. The van der Waals surface area contributed by atoms with Gasteiger partial charge in [-0.1, -0.05) is 70.5 Å². The fraction of sp³-hybridized carbons (Fsp3) is 0.615. The molecule has 1 unspecified atom stereocenters. The minimum Gasteiger partial charge on any atom is -0.347 e. The van der Waals surface area contributed by atoms with Gasteiger partial charge in [0.2, 0.25) is 29.4 Å². The number of hydrogen-bond donors (Lipinski definition) is 4. The second-order valence-electron chi connectivity index (χ2n) is 15.9. The summed E-state index contributed by atoms with van der Waals surface area (Å²) in [5, 5.41) is 23.8. The SMILES string of the molecule is C=C(C)[C@@H](NC(=O)[C@@H](NC(=O)Cc1nnn(C(C)(C)c2ccccc2)n1)C(C)C)C(=O)N1C[C@@H]2CCC[C@@H]2[C@H]1C(=O)NC(CCC)C(=O)C(=O)NC1CC1. The molecule has 5 amide bonds. The van der Waals surface area contributed by atoms with Gasteiger partial charge in [-0.15, -0.1) is 10.2 Å². The number of hydrogen-bond acceptors (Lipinski definition) is 9. The van der Waals surface area contributed by atoms with E-state index in [0.29, 0.717) is 18.5 Å². The second kappa shape index (κ2) is 17.0. The molecule has 292 valence electrons. The average Bonchev–Trinajstić information content (AvgIpc) is 3.46. The van der Waals surface area contributed by atoms with E-state index < -0.39 is 65.0 Å². The standard InChI is InChI=1S/C39H55N9O6/c1-8-13-28(34(50)37(53)40-26-18-19-26)41-36(52)33-27-17-12-14-24(27)21-47(33)38(54)32(23(4)5)43-35(51)31(22(2)3)42-30(49)20-29-44-46-48(45-29)39(6,7)25-15-10-9-11-16-25/h9-11,15-16,22,24,26-28,31-33H,4,8,12-14,17-21H2,1-3,5-7H3,(H,40,53)(H,41,52)(H,42,49)(H,43,51)/t24-,27-,28?,31-,32+,33-/m0/s1. The Labute approximate surface area is 316 Å². The average molecular weight is 746 g/mol. The molecule has 1 aliphatic heterocycles. The Bertz CT molecular complexity index is 1740. The Balaban J connectivity index is 1.26. The van der Waals surface area contributed by atoms with Crippen molar-refractivity contribution in [2.75, 3.05) is 6.54 Å². The number of carbonyl (C=O) groups excluding carboxylic acids is 6. The van der Waals surface area contributed by atoms with E-state index in [9.17, 15) is 28.8 Å². The molecular formula is C39H55N9O6. The summed E-state index contributed by atoms with van der Waals surface area (Å²) in [5.74, 6) is -3.68. The highest BCUT2D eigenvalue weighted by molar-refractivity contribution is 6.38. The lowest BCUT2D eigenvalue weighted by atomic mass is 9.92. The van der Waals surface area contributed by atoms with Crippen LogP contribution in [0.3, 0.4) is 0 Å². The normalized spacial score (nSPS) is 21.1. The van der Waals surface area contributed by atoms with Gasteiger partial charge in [-0.2, -0.15) is 4.80 Å². The van der Waals surface area contributed by atoms with Crippen LogP contribution < -0.4 is 21.3 Å². The molecule has 2 aromatic rings. The molecule has 1 aromatic carbocycles. The molecule has 0 bridgehead atoms. The van der Waals surface area contributed by atoms with Crippen LogP contribution in [0.25, 0.3) is 0 Å². The van der Waals surface area contributed by atoms with E-state index in [4.69, 9.17) is 0 Å². The van der Waals surface area contributed by atoms with Gasteiger partial charge in [0.15, 0.2) is 5.82 Å². The molecule has 6 atom stereocenters. The molecule has 3 fully saturated rings. The molecule has 5 rings (SSSR count). The third kappa shape index (κ3) is 9.22. The summed E-state index contributed by atoms with van der Waals surface area (Å²) in [6.45, 7) is 15.2. The molecule has 15 nitrogen and oxygen atoms in total. The summed E-state index contributed by atoms with van der Waals surface area (Å²) in [6.07, 6.45) is 4.77. The van der Waals surface area contributed by atoms with Crippen LogP contribution in [0.1, 0.15) is 97.9 Å². The monoisotopic (exact) mass is 745 g/mol. The number of benzene rings is 1. The summed E-state index contributed by atoms with van der Waals surface area (Å²) in [4.78, 5) is 84.0. The topological polar surface area (TPSA) is 197 Å². The number of likely N-dealkylation sites (tertiary alicyclic amines) is 1. The Morgan fingerprint density at radius 3 is 2.31 bits per heavy atom. The van der Waals surface area contributed by atoms with Crippen molar-refractivity contribution in [2.24, 2.45) is 17.8 Å². The molecule has 4 N–H and O–H groups in total. The van der Waals surface area contributed by atoms with Crippen LogP contribution in [-0.4, -0.2) is 97.2 Å². The van der Waals surface area contributed by atoms with Crippen molar-refractivity contribution in [3.8, 4) is 0 Å². The number of nitrogens with one attached hydrogen (secondary N) is 4. The van der Waals surface area contributed by atoms with Crippen molar-refractivity contribution < 1.29 is 28.8 Å². The quantitative estimate of drug-likeness (QED) is 0.138. The Morgan fingerprint density at radius 2 is 1.69 bits per heavy atom. The van der Waals surface area contributed by atoms with Gasteiger partial charge in [0.25, 0.3) is 5.91 Å². The maximum absolute atomic E-state index is 14.3. The first-order chi connectivity index (χ1) is 25.6. The Morgan fingerprint density at radius 1 is 0.981 bits per heavy atom. The number of nitrogens with zero attached hydrogens (tertiary/aromatic N) is 5. The Hall–Kier alpha value is -4.95. The number of Topliss-reactive ketones (excluding diaryl/α,β-unsaturated/α-hetero) is 1. The maximum Gasteiger partial charge on any atom is 0.289 e. The van der Waals surface area contributed by atoms with Gasteiger partial charge in [0.05, 0.1) is 12.5 Å². The molecule has 2 saturated carbocycles. The smallest absolute Gasteiger partial charge is 0.289 e. The summed E-state index contributed by atoms with van der Waals surface area (Å²) in [7, 11) is 0. The van der Waals surface area contributed by atoms with Crippen LogP contribution in [0.5, 0.6) is 0 Å². The van der Waals surface area contributed by atoms with Crippen molar-refractivity contribution in [1.82, 2.24) is 46.4 Å². The van der Waals surface area contributed by atoms with Gasteiger partial charge in [0, 0.05) is 12.6 Å². The number of ketones is 1. The van der Waals surface area contributed by atoms with Gasteiger partial charge in [-0.05, 0) is 87.0 Å². The van der Waals surface area contributed by atoms with Gasteiger partial charge in [-0.25, -0.2) is 0 Å². The van der Waals surface area contributed by atoms with Gasteiger partial charge >= 0.3 is 0 Å². The lowest BCUT2D eigenvalue weighted by Crippen LogP contribution is -2.59. The molecule has 0 spiro atoms. The number of carbonyl (C=O) groups is 6. The maximum atomic E-state index is 14.3. The summed E-state index contributed by atoms with van der Waals surface area (Å²) in [6, 6.07) is 5.59. The number of rotatable bonds is 17. The number of tetrazole rings is 1. The summed E-state index contributed by atoms with van der Waals surface area (Å²) >= 11 is 0. The molecule has 1 saturated heterocycles. The Kier molecular flexibility index (Phi) is 12.7. The highest BCUT2D eigenvalue weighted by Crippen LogP contribution is 2.42. The van der Waals surface area contributed by atoms with Crippen molar-refractivity contribution in [3.63, 3.8) is 0 Å². The molecule has 2 aliphatic carbocycles. The van der Waals surface area contributed by atoms with Crippen LogP contribution in [0, 0.1) is 17.8 Å². The van der Waals surface area contributed by atoms with E-state index in [2.05, 4.69) is 43.3 Å². The van der Waals surface area contributed by atoms with Crippen molar-refractivity contribution in [2.45, 2.75) is 129 Å². The zero-order chi connectivity index (χ0) is 39.3. The number of amides is 5.